The van der Waals surface area contributed by atoms with Gasteiger partial charge in [0.2, 0.25) is 5.91 Å². The molecule has 3 rings (SSSR count). The number of benzene rings is 1. The Labute approximate surface area is 205 Å². The lowest BCUT2D eigenvalue weighted by Gasteiger charge is -2.14. The van der Waals surface area contributed by atoms with E-state index in [0.29, 0.717) is 11.3 Å². The number of hydrogen-bond acceptors (Lipinski definition) is 6. The molecule has 1 atom stereocenters. The summed E-state index contributed by atoms with van der Waals surface area (Å²) in [5.41, 5.74) is 4.87. The van der Waals surface area contributed by atoms with Crippen LogP contribution in [0.5, 0.6) is 0 Å². The van der Waals surface area contributed by atoms with Crippen LogP contribution in [0.15, 0.2) is 54.5 Å². The molecule has 0 bridgehead atoms. The van der Waals surface area contributed by atoms with Crippen LogP contribution in [0.2, 0.25) is 0 Å². The molecule has 0 spiro atoms. The summed E-state index contributed by atoms with van der Waals surface area (Å²) in [5.74, 6) is 0.340. The second-order valence-corrected chi connectivity index (χ2v) is 9.40. The summed E-state index contributed by atoms with van der Waals surface area (Å²) in [6.45, 7) is 9.53. The van der Waals surface area contributed by atoms with E-state index in [1.54, 1.807) is 17.4 Å². The van der Waals surface area contributed by atoms with Crippen molar-refractivity contribution in [3.05, 3.63) is 70.6 Å². The molecular formula is C27H31N3O3S. The predicted molar refractivity (Wildman–Crippen MR) is 136 cm³/mol. The number of amides is 1. The number of thiazole rings is 1. The molecule has 1 aliphatic rings. The first-order valence-corrected chi connectivity index (χ1v) is 12.3. The van der Waals surface area contributed by atoms with Crippen LogP contribution in [0.3, 0.4) is 0 Å². The van der Waals surface area contributed by atoms with Crippen molar-refractivity contribution in [2.45, 2.75) is 58.6 Å². The van der Waals surface area contributed by atoms with Gasteiger partial charge in [0.1, 0.15) is 16.8 Å². The molecule has 178 valence electrons. The zero-order valence-corrected chi connectivity index (χ0v) is 20.7. The van der Waals surface area contributed by atoms with E-state index in [1.807, 2.05) is 32.2 Å². The molecule has 2 aromatic rings. The largest absolute Gasteiger partial charge is 0.490 e. The molecular weight excluding hydrogens is 446 g/mol. The number of nitrogens with zero attached hydrogens (tertiary/aromatic N) is 2. The van der Waals surface area contributed by atoms with Crippen LogP contribution in [-0.2, 0) is 16.0 Å². The number of carbonyl (C=O) groups excluding carboxylic acids is 1. The number of hydrogen-bond donors (Lipinski definition) is 2. The number of rotatable bonds is 10. The second-order valence-electron chi connectivity index (χ2n) is 8.37. The molecule has 1 aliphatic carbocycles. The smallest absolute Gasteiger partial charge is 0.222 e. The number of aromatic nitrogens is 1. The average Bonchev–Trinajstić information content (AvgIpc) is 3.46. The van der Waals surface area contributed by atoms with Crippen LogP contribution in [0.4, 0.5) is 0 Å². The summed E-state index contributed by atoms with van der Waals surface area (Å²) in [7, 11) is 0. The number of ether oxygens (including phenoxy) is 1. The quantitative estimate of drug-likeness (QED) is 0.268. The Hall–Kier alpha value is -3.21. The minimum absolute atomic E-state index is 0.0229. The maximum absolute atomic E-state index is 12.0. The Kier molecular flexibility index (Phi) is 8.80. The fourth-order valence-electron chi connectivity index (χ4n) is 3.99. The van der Waals surface area contributed by atoms with E-state index in [-0.39, 0.29) is 31.1 Å². The van der Waals surface area contributed by atoms with Gasteiger partial charge < -0.3 is 15.2 Å². The van der Waals surface area contributed by atoms with Crippen LogP contribution in [0.25, 0.3) is 16.0 Å². The molecule has 6 nitrogen and oxygen atoms in total. The first kappa shape index (κ1) is 25.4. The number of carbonyl (C=O) groups is 1. The number of nitrogens with one attached hydrogen (secondary N) is 1. The monoisotopic (exact) mass is 477 g/mol. The lowest BCUT2D eigenvalue weighted by molar-refractivity contribution is -0.122. The van der Waals surface area contributed by atoms with E-state index in [1.165, 1.54) is 5.56 Å². The van der Waals surface area contributed by atoms with Gasteiger partial charge >= 0.3 is 0 Å². The van der Waals surface area contributed by atoms with Gasteiger partial charge in [0.25, 0.3) is 0 Å². The molecule has 7 heteroatoms. The van der Waals surface area contributed by atoms with Crippen molar-refractivity contribution >= 4 is 22.8 Å². The van der Waals surface area contributed by atoms with Gasteiger partial charge in [-0.05, 0) is 61.4 Å². The van der Waals surface area contributed by atoms with Gasteiger partial charge in [-0.2, -0.15) is 5.26 Å². The van der Waals surface area contributed by atoms with Crippen LogP contribution in [0.1, 0.15) is 62.2 Å². The SMILES string of the molecule is C=C(C#N)/C(=C\C=C(/CC)c1ncc(-c2cccc3c2CC[C@H]3NC(=O)CCO)s1)OC(C)C. The van der Waals surface area contributed by atoms with E-state index in [9.17, 15) is 10.1 Å². The third kappa shape index (κ3) is 6.02. The van der Waals surface area contributed by atoms with Crippen LogP contribution in [0, 0.1) is 11.3 Å². The zero-order valence-electron chi connectivity index (χ0n) is 19.9. The summed E-state index contributed by atoms with van der Waals surface area (Å²) >= 11 is 1.63. The summed E-state index contributed by atoms with van der Waals surface area (Å²) in [6, 6.07) is 8.23. The minimum Gasteiger partial charge on any atom is -0.490 e. The molecule has 0 fully saturated rings. The van der Waals surface area contributed by atoms with E-state index in [4.69, 9.17) is 9.84 Å². The van der Waals surface area contributed by atoms with Crippen LogP contribution < -0.4 is 5.32 Å². The van der Waals surface area contributed by atoms with Crippen molar-refractivity contribution in [2.24, 2.45) is 0 Å². The fourth-order valence-corrected chi connectivity index (χ4v) is 5.05. The Balaban J connectivity index is 1.88. The molecule has 2 N–H and O–H groups in total. The topological polar surface area (TPSA) is 95.2 Å². The summed E-state index contributed by atoms with van der Waals surface area (Å²) in [6.07, 6.45) is 8.23. The molecule has 0 aliphatic heterocycles. The van der Waals surface area contributed by atoms with Gasteiger partial charge in [-0.1, -0.05) is 37.8 Å². The van der Waals surface area contributed by atoms with E-state index in [2.05, 4.69) is 42.0 Å². The molecule has 1 aromatic carbocycles. The van der Waals surface area contributed by atoms with Gasteiger partial charge in [0, 0.05) is 12.6 Å². The lowest BCUT2D eigenvalue weighted by Crippen LogP contribution is -2.27. The Morgan fingerprint density at radius 1 is 1.44 bits per heavy atom. The van der Waals surface area contributed by atoms with Gasteiger partial charge in [-0.15, -0.1) is 11.3 Å². The predicted octanol–water partition coefficient (Wildman–Crippen LogP) is 5.48. The molecule has 0 radical (unpaired) electrons. The summed E-state index contributed by atoms with van der Waals surface area (Å²) in [4.78, 5) is 17.7. The Morgan fingerprint density at radius 2 is 2.24 bits per heavy atom. The highest BCUT2D eigenvalue weighted by molar-refractivity contribution is 7.16. The van der Waals surface area contributed by atoms with Gasteiger partial charge in [0.05, 0.1) is 29.2 Å². The highest BCUT2D eigenvalue weighted by Crippen LogP contribution is 2.40. The standard InChI is InChI=1S/C27H31N3O3S/c1-5-19(9-12-24(18(4)15-28)33-17(2)3)27-29-16-25(34-27)22-8-6-7-21-20(22)10-11-23(21)30-26(32)13-14-31/h6-9,12,16-17,23,31H,4-5,10-11,13-14H2,1-3H3,(H,30,32)/b19-9+,24-12+/t23-/m1/s1. The Morgan fingerprint density at radius 3 is 2.91 bits per heavy atom. The van der Waals surface area contributed by atoms with E-state index < -0.39 is 0 Å². The number of aliphatic hydroxyl groups is 1. The number of fused-ring (bicyclic) bond motifs is 1. The number of nitriles is 1. The van der Waals surface area contributed by atoms with Gasteiger partial charge in [-0.3, -0.25) is 4.79 Å². The molecule has 34 heavy (non-hydrogen) atoms. The van der Waals surface area contributed by atoms with E-state index in [0.717, 1.165) is 45.8 Å². The molecule has 1 aromatic heterocycles. The third-order valence-corrected chi connectivity index (χ3v) is 6.71. The first-order chi connectivity index (χ1) is 16.4. The zero-order chi connectivity index (χ0) is 24.7. The number of allylic oxidation sites excluding steroid dienone is 4. The first-order valence-electron chi connectivity index (χ1n) is 11.5. The van der Waals surface area contributed by atoms with Crippen molar-refractivity contribution in [1.82, 2.24) is 10.3 Å². The van der Waals surface area contributed by atoms with E-state index >= 15 is 0 Å². The maximum atomic E-state index is 12.0. The molecule has 1 amide bonds. The normalized spacial score (nSPS) is 15.7. The van der Waals surface area contributed by atoms with Gasteiger partial charge in [0.15, 0.2) is 0 Å². The Bertz CT molecular complexity index is 1150. The molecule has 0 saturated heterocycles. The number of aliphatic hydroxyl groups excluding tert-OH is 1. The van der Waals surface area contributed by atoms with Crippen molar-refractivity contribution in [2.75, 3.05) is 6.61 Å². The van der Waals surface area contributed by atoms with Crippen LogP contribution in [-0.4, -0.2) is 28.7 Å². The maximum Gasteiger partial charge on any atom is 0.222 e. The van der Waals surface area contributed by atoms with Crippen molar-refractivity contribution < 1.29 is 14.6 Å². The highest BCUT2D eigenvalue weighted by Gasteiger charge is 2.26. The van der Waals surface area contributed by atoms with Crippen molar-refractivity contribution in [1.29, 1.82) is 5.26 Å². The average molecular weight is 478 g/mol. The third-order valence-electron chi connectivity index (χ3n) is 5.60. The van der Waals surface area contributed by atoms with Crippen LogP contribution >= 0.6 is 11.3 Å². The fraction of sp³-hybridized carbons (Fsp3) is 0.370. The van der Waals surface area contributed by atoms with Crippen molar-refractivity contribution in [3.63, 3.8) is 0 Å². The lowest BCUT2D eigenvalue weighted by atomic mass is 10.0. The molecule has 0 unspecified atom stereocenters. The second kappa shape index (κ2) is 11.8. The molecule has 0 saturated carbocycles. The van der Waals surface area contributed by atoms with Crippen molar-refractivity contribution in [3.8, 4) is 16.5 Å². The highest BCUT2D eigenvalue weighted by atomic mass is 32.1. The summed E-state index contributed by atoms with van der Waals surface area (Å²) < 4.78 is 5.75. The van der Waals surface area contributed by atoms with Gasteiger partial charge in [-0.25, -0.2) is 4.98 Å². The summed E-state index contributed by atoms with van der Waals surface area (Å²) in [5, 5.41) is 22.2. The molecule has 1 heterocycles. The minimum atomic E-state index is -0.146.